The molecule has 1 aromatic carbocycles. The van der Waals surface area contributed by atoms with Crippen LogP contribution in [0.4, 0.5) is 0 Å². The standard InChI is InChI=1S/C14H17N3/c1-10-5-2-3-6-11(10)14-12(9-15)16-17-8-4-7-13(14)17/h2-3,5-6H,4,7-9,15H2,1H3. The molecule has 0 fully saturated rings. The van der Waals surface area contributed by atoms with Crippen LogP contribution in [0.2, 0.25) is 0 Å². The van der Waals surface area contributed by atoms with Crippen LogP contribution < -0.4 is 5.73 Å². The van der Waals surface area contributed by atoms with Crippen molar-refractivity contribution in [1.82, 2.24) is 9.78 Å². The first-order valence-corrected chi connectivity index (χ1v) is 6.16. The Hall–Kier alpha value is -1.61. The summed E-state index contributed by atoms with van der Waals surface area (Å²) in [6.45, 7) is 3.70. The zero-order valence-corrected chi connectivity index (χ0v) is 10.1. The topological polar surface area (TPSA) is 43.8 Å². The van der Waals surface area contributed by atoms with Crippen molar-refractivity contribution in [3.63, 3.8) is 0 Å². The number of nitrogens with two attached hydrogens (primary N) is 1. The fourth-order valence-corrected chi connectivity index (χ4v) is 2.69. The van der Waals surface area contributed by atoms with E-state index >= 15 is 0 Å². The average Bonchev–Trinajstić information content (AvgIpc) is 2.89. The van der Waals surface area contributed by atoms with Gasteiger partial charge in [0.1, 0.15) is 0 Å². The molecule has 2 N–H and O–H groups in total. The molecule has 1 aliphatic rings. The molecule has 3 nitrogen and oxygen atoms in total. The van der Waals surface area contributed by atoms with E-state index in [1.807, 2.05) is 0 Å². The van der Waals surface area contributed by atoms with Crippen molar-refractivity contribution in [3.8, 4) is 11.1 Å². The lowest BCUT2D eigenvalue weighted by Gasteiger charge is -2.07. The summed E-state index contributed by atoms with van der Waals surface area (Å²) in [7, 11) is 0. The normalized spacial score (nSPS) is 14.0. The predicted molar refractivity (Wildman–Crippen MR) is 68.6 cm³/mol. The van der Waals surface area contributed by atoms with E-state index < -0.39 is 0 Å². The minimum absolute atomic E-state index is 0.518. The minimum atomic E-state index is 0.518. The number of fused-ring (bicyclic) bond motifs is 1. The monoisotopic (exact) mass is 227 g/mol. The van der Waals surface area contributed by atoms with Gasteiger partial charge in [-0.2, -0.15) is 5.10 Å². The minimum Gasteiger partial charge on any atom is -0.325 e. The van der Waals surface area contributed by atoms with Gasteiger partial charge in [-0.3, -0.25) is 4.68 Å². The van der Waals surface area contributed by atoms with Crippen LogP contribution in [0.5, 0.6) is 0 Å². The van der Waals surface area contributed by atoms with Crippen LogP contribution in [0.25, 0.3) is 11.1 Å². The maximum atomic E-state index is 5.82. The molecule has 17 heavy (non-hydrogen) atoms. The molecular weight excluding hydrogens is 210 g/mol. The first-order valence-electron chi connectivity index (χ1n) is 6.16. The molecule has 1 aliphatic heterocycles. The quantitative estimate of drug-likeness (QED) is 0.855. The number of rotatable bonds is 2. The maximum Gasteiger partial charge on any atom is 0.0841 e. The van der Waals surface area contributed by atoms with E-state index in [1.165, 1.54) is 28.8 Å². The molecule has 0 bridgehead atoms. The maximum absolute atomic E-state index is 5.82. The number of aromatic nitrogens is 2. The zero-order valence-electron chi connectivity index (χ0n) is 10.1. The Morgan fingerprint density at radius 3 is 2.94 bits per heavy atom. The van der Waals surface area contributed by atoms with Crippen LogP contribution >= 0.6 is 0 Å². The van der Waals surface area contributed by atoms with E-state index in [2.05, 4.69) is 41.0 Å². The largest absolute Gasteiger partial charge is 0.325 e. The van der Waals surface area contributed by atoms with Crippen molar-refractivity contribution in [2.45, 2.75) is 32.9 Å². The Balaban J connectivity index is 2.23. The Kier molecular flexibility index (Phi) is 2.48. The second kappa shape index (κ2) is 4.00. The molecule has 3 rings (SSSR count). The SMILES string of the molecule is Cc1ccccc1-c1c(CN)nn2c1CCC2. The van der Waals surface area contributed by atoms with Crippen molar-refractivity contribution in [1.29, 1.82) is 0 Å². The van der Waals surface area contributed by atoms with Crippen molar-refractivity contribution in [2.75, 3.05) is 0 Å². The molecular formula is C14H17N3. The highest BCUT2D eigenvalue weighted by Gasteiger charge is 2.22. The first-order chi connectivity index (χ1) is 8.31. The predicted octanol–water partition coefficient (Wildman–Crippen LogP) is 2.26. The Morgan fingerprint density at radius 2 is 2.18 bits per heavy atom. The lowest BCUT2D eigenvalue weighted by molar-refractivity contribution is 0.644. The molecule has 0 radical (unpaired) electrons. The van der Waals surface area contributed by atoms with E-state index in [0.717, 1.165) is 18.7 Å². The fourth-order valence-electron chi connectivity index (χ4n) is 2.69. The zero-order chi connectivity index (χ0) is 11.8. The number of benzene rings is 1. The lowest BCUT2D eigenvalue weighted by Crippen LogP contribution is -2.01. The highest BCUT2D eigenvalue weighted by molar-refractivity contribution is 5.72. The van der Waals surface area contributed by atoms with Crippen LogP contribution in [0.15, 0.2) is 24.3 Å². The van der Waals surface area contributed by atoms with Crippen LogP contribution in [0, 0.1) is 6.92 Å². The highest BCUT2D eigenvalue weighted by Crippen LogP contribution is 2.33. The van der Waals surface area contributed by atoms with Crippen LogP contribution in [0.1, 0.15) is 23.4 Å². The van der Waals surface area contributed by atoms with E-state index in [9.17, 15) is 0 Å². The van der Waals surface area contributed by atoms with Gasteiger partial charge >= 0.3 is 0 Å². The van der Waals surface area contributed by atoms with Gasteiger partial charge in [-0.15, -0.1) is 0 Å². The number of nitrogens with zero attached hydrogens (tertiary/aromatic N) is 2. The number of aryl methyl sites for hydroxylation is 2. The van der Waals surface area contributed by atoms with E-state index in [4.69, 9.17) is 5.73 Å². The first kappa shape index (κ1) is 10.5. The molecule has 0 amide bonds. The van der Waals surface area contributed by atoms with Gasteiger partial charge in [0.2, 0.25) is 0 Å². The molecule has 0 aliphatic carbocycles. The third-order valence-corrected chi connectivity index (χ3v) is 3.52. The molecule has 0 atom stereocenters. The van der Waals surface area contributed by atoms with E-state index in [0.29, 0.717) is 6.54 Å². The van der Waals surface area contributed by atoms with Crippen molar-refractivity contribution >= 4 is 0 Å². The molecule has 0 saturated carbocycles. The van der Waals surface area contributed by atoms with Gasteiger partial charge in [-0.05, 0) is 30.9 Å². The summed E-state index contributed by atoms with van der Waals surface area (Å²) in [5.41, 5.74) is 12.1. The lowest BCUT2D eigenvalue weighted by atomic mass is 9.97. The molecule has 0 unspecified atom stereocenters. The molecule has 2 heterocycles. The van der Waals surface area contributed by atoms with Crippen molar-refractivity contribution in [3.05, 3.63) is 41.2 Å². The number of hydrogen-bond donors (Lipinski definition) is 1. The van der Waals surface area contributed by atoms with Gasteiger partial charge in [0.05, 0.1) is 5.69 Å². The molecule has 0 saturated heterocycles. The van der Waals surface area contributed by atoms with Crippen LogP contribution in [0.3, 0.4) is 0 Å². The summed E-state index contributed by atoms with van der Waals surface area (Å²) in [5, 5.41) is 4.62. The van der Waals surface area contributed by atoms with Gasteiger partial charge in [0, 0.05) is 24.3 Å². The molecule has 2 aromatic rings. The molecule has 1 aromatic heterocycles. The van der Waals surface area contributed by atoms with Crippen LogP contribution in [-0.4, -0.2) is 9.78 Å². The number of hydrogen-bond acceptors (Lipinski definition) is 2. The van der Waals surface area contributed by atoms with E-state index in [1.54, 1.807) is 0 Å². The van der Waals surface area contributed by atoms with Crippen molar-refractivity contribution in [2.24, 2.45) is 5.73 Å². The second-order valence-electron chi connectivity index (χ2n) is 4.61. The third kappa shape index (κ3) is 1.58. The second-order valence-corrected chi connectivity index (χ2v) is 4.61. The average molecular weight is 227 g/mol. The Labute approximate surface area is 101 Å². The molecule has 88 valence electrons. The van der Waals surface area contributed by atoms with Gasteiger partial charge < -0.3 is 5.73 Å². The fraction of sp³-hybridized carbons (Fsp3) is 0.357. The Morgan fingerprint density at radius 1 is 1.35 bits per heavy atom. The van der Waals surface area contributed by atoms with Gasteiger partial charge in [0.15, 0.2) is 0 Å². The van der Waals surface area contributed by atoms with E-state index in [-0.39, 0.29) is 0 Å². The highest BCUT2D eigenvalue weighted by atomic mass is 15.3. The summed E-state index contributed by atoms with van der Waals surface area (Å²) >= 11 is 0. The Bertz CT molecular complexity index is 555. The summed E-state index contributed by atoms with van der Waals surface area (Å²) in [4.78, 5) is 0. The van der Waals surface area contributed by atoms with Gasteiger partial charge in [0.25, 0.3) is 0 Å². The summed E-state index contributed by atoms with van der Waals surface area (Å²) in [5.74, 6) is 0. The summed E-state index contributed by atoms with van der Waals surface area (Å²) in [6, 6.07) is 8.48. The molecule has 0 spiro atoms. The van der Waals surface area contributed by atoms with Crippen molar-refractivity contribution < 1.29 is 0 Å². The smallest absolute Gasteiger partial charge is 0.0841 e. The third-order valence-electron chi connectivity index (χ3n) is 3.52. The molecule has 3 heteroatoms. The van der Waals surface area contributed by atoms with Gasteiger partial charge in [-0.25, -0.2) is 0 Å². The van der Waals surface area contributed by atoms with Gasteiger partial charge in [-0.1, -0.05) is 24.3 Å². The summed E-state index contributed by atoms with van der Waals surface area (Å²) < 4.78 is 2.13. The van der Waals surface area contributed by atoms with Crippen LogP contribution in [-0.2, 0) is 19.5 Å². The summed E-state index contributed by atoms with van der Waals surface area (Å²) in [6.07, 6.45) is 2.32.